The number of hydrogen-bond donors (Lipinski definition) is 1. The average Bonchev–Trinajstić information content (AvgIpc) is 2.17. The molecule has 2 heteroatoms. The van der Waals surface area contributed by atoms with E-state index in [0.717, 1.165) is 17.9 Å². The molecule has 0 saturated heterocycles. The van der Waals surface area contributed by atoms with Crippen molar-refractivity contribution >= 4 is 11.6 Å². The summed E-state index contributed by atoms with van der Waals surface area (Å²) in [5, 5.41) is 10.7. The Morgan fingerprint density at radius 1 is 1.24 bits per heavy atom. The Balaban J connectivity index is 2.11. The summed E-state index contributed by atoms with van der Waals surface area (Å²) >= 11 is 5.93. The van der Waals surface area contributed by atoms with Crippen LogP contribution in [0.1, 0.15) is 51.5 Å². The van der Waals surface area contributed by atoms with Crippen molar-refractivity contribution in [2.24, 2.45) is 0 Å². The molecular weight excluding hydrogens is 232 g/mol. The van der Waals surface area contributed by atoms with Gasteiger partial charge in [0.05, 0.1) is 5.60 Å². The third-order valence-electron chi connectivity index (χ3n) is 3.98. The Morgan fingerprint density at radius 2 is 1.82 bits per heavy atom. The van der Waals surface area contributed by atoms with Crippen LogP contribution >= 0.6 is 11.6 Å². The van der Waals surface area contributed by atoms with Crippen LogP contribution in [-0.4, -0.2) is 10.7 Å². The number of aliphatic hydroxyl groups is 1. The smallest absolute Gasteiger partial charge is 0.0592 e. The third kappa shape index (κ3) is 3.02. The number of halogens is 1. The average molecular weight is 253 g/mol. The van der Waals surface area contributed by atoms with Gasteiger partial charge in [0.15, 0.2) is 0 Å². The molecule has 1 N–H and O–H groups in total. The second kappa shape index (κ2) is 4.62. The summed E-state index contributed by atoms with van der Waals surface area (Å²) in [6, 6.07) is 8.24. The predicted octanol–water partition coefficient (Wildman–Crippen LogP) is 4.31. The van der Waals surface area contributed by atoms with Gasteiger partial charge in [-0.1, -0.05) is 30.2 Å². The van der Waals surface area contributed by atoms with E-state index in [1.165, 1.54) is 24.8 Å². The lowest BCUT2D eigenvalue weighted by molar-refractivity contribution is 0.0519. The van der Waals surface area contributed by atoms with Gasteiger partial charge in [0, 0.05) is 5.02 Å². The van der Waals surface area contributed by atoms with Gasteiger partial charge in [0.25, 0.3) is 0 Å². The summed E-state index contributed by atoms with van der Waals surface area (Å²) in [7, 11) is 0. The Labute approximate surface area is 109 Å². The maximum Gasteiger partial charge on any atom is 0.0592 e. The van der Waals surface area contributed by atoms with E-state index in [4.69, 9.17) is 11.6 Å². The standard InChI is InChI=1S/C15H21ClO/c1-14(2,17)10-11-15(8-3-9-15)12-4-6-13(16)7-5-12/h4-7,17H,3,8-11H2,1-2H3. The molecule has 0 bridgehead atoms. The maximum absolute atomic E-state index is 9.87. The van der Waals surface area contributed by atoms with Crippen LogP contribution in [0.5, 0.6) is 0 Å². The van der Waals surface area contributed by atoms with Crippen molar-refractivity contribution in [1.29, 1.82) is 0 Å². The largest absolute Gasteiger partial charge is 0.390 e. The van der Waals surface area contributed by atoms with Gasteiger partial charge >= 0.3 is 0 Å². The van der Waals surface area contributed by atoms with E-state index >= 15 is 0 Å². The normalized spacial score (nSPS) is 18.8. The molecule has 1 aromatic rings. The summed E-state index contributed by atoms with van der Waals surface area (Å²) in [6.45, 7) is 3.78. The molecule has 1 nitrogen and oxygen atoms in total. The fraction of sp³-hybridized carbons (Fsp3) is 0.600. The zero-order valence-corrected chi connectivity index (χ0v) is 11.4. The first-order valence-electron chi connectivity index (χ1n) is 6.40. The van der Waals surface area contributed by atoms with Crippen molar-refractivity contribution in [1.82, 2.24) is 0 Å². The van der Waals surface area contributed by atoms with Crippen molar-refractivity contribution in [3.8, 4) is 0 Å². The lowest BCUT2D eigenvalue weighted by atomic mass is 9.61. The van der Waals surface area contributed by atoms with E-state index in [2.05, 4.69) is 12.1 Å². The first-order valence-corrected chi connectivity index (χ1v) is 6.78. The molecule has 0 heterocycles. The summed E-state index contributed by atoms with van der Waals surface area (Å²) in [5.41, 5.74) is 1.12. The van der Waals surface area contributed by atoms with Gasteiger partial charge in [-0.15, -0.1) is 0 Å². The number of benzene rings is 1. The molecular formula is C15H21ClO. The highest BCUT2D eigenvalue weighted by Crippen LogP contribution is 2.48. The van der Waals surface area contributed by atoms with Crippen LogP contribution in [0.4, 0.5) is 0 Å². The van der Waals surface area contributed by atoms with Gasteiger partial charge < -0.3 is 5.11 Å². The number of rotatable bonds is 4. The molecule has 1 fully saturated rings. The molecule has 0 aliphatic heterocycles. The van der Waals surface area contributed by atoms with E-state index in [9.17, 15) is 5.11 Å². The Hall–Kier alpha value is -0.530. The second-order valence-corrected chi connectivity index (χ2v) is 6.39. The Bertz CT molecular complexity index is 371. The molecule has 1 aliphatic carbocycles. The van der Waals surface area contributed by atoms with Crippen LogP contribution in [0.25, 0.3) is 0 Å². The van der Waals surface area contributed by atoms with Crippen molar-refractivity contribution in [3.63, 3.8) is 0 Å². The van der Waals surface area contributed by atoms with Crippen LogP contribution < -0.4 is 0 Å². The summed E-state index contributed by atoms with van der Waals surface area (Å²) in [5.74, 6) is 0. The van der Waals surface area contributed by atoms with Gasteiger partial charge in [-0.3, -0.25) is 0 Å². The lowest BCUT2D eigenvalue weighted by Crippen LogP contribution is -2.36. The van der Waals surface area contributed by atoms with Crippen LogP contribution in [0.15, 0.2) is 24.3 Å². The van der Waals surface area contributed by atoms with Gasteiger partial charge in [-0.05, 0) is 62.6 Å². The van der Waals surface area contributed by atoms with E-state index in [-0.39, 0.29) is 0 Å². The van der Waals surface area contributed by atoms with Gasteiger partial charge in [0.2, 0.25) is 0 Å². The lowest BCUT2D eigenvalue weighted by Gasteiger charge is -2.44. The first-order chi connectivity index (χ1) is 7.91. The molecule has 0 spiro atoms. The Morgan fingerprint density at radius 3 is 2.24 bits per heavy atom. The van der Waals surface area contributed by atoms with E-state index in [1.807, 2.05) is 26.0 Å². The van der Waals surface area contributed by atoms with Crippen LogP contribution in [0.2, 0.25) is 5.02 Å². The highest BCUT2D eigenvalue weighted by atomic mass is 35.5. The van der Waals surface area contributed by atoms with Crippen LogP contribution in [-0.2, 0) is 5.41 Å². The number of hydrogen-bond acceptors (Lipinski definition) is 1. The maximum atomic E-state index is 9.87. The fourth-order valence-corrected chi connectivity index (χ4v) is 2.76. The minimum atomic E-state index is -0.561. The topological polar surface area (TPSA) is 20.2 Å². The molecule has 94 valence electrons. The molecule has 0 aromatic heterocycles. The quantitative estimate of drug-likeness (QED) is 0.847. The molecule has 2 rings (SSSR count). The molecule has 0 radical (unpaired) electrons. The molecule has 0 atom stereocenters. The zero-order chi connectivity index (χ0) is 12.5. The van der Waals surface area contributed by atoms with Gasteiger partial charge in [-0.2, -0.15) is 0 Å². The molecule has 17 heavy (non-hydrogen) atoms. The molecule has 0 unspecified atom stereocenters. The van der Waals surface area contributed by atoms with Gasteiger partial charge in [0.1, 0.15) is 0 Å². The summed E-state index contributed by atoms with van der Waals surface area (Å²) < 4.78 is 0. The fourth-order valence-electron chi connectivity index (χ4n) is 2.64. The zero-order valence-electron chi connectivity index (χ0n) is 10.7. The first kappa shape index (κ1) is 12.9. The predicted molar refractivity (Wildman–Crippen MR) is 72.5 cm³/mol. The van der Waals surface area contributed by atoms with Crippen molar-refractivity contribution in [2.75, 3.05) is 0 Å². The highest BCUT2D eigenvalue weighted by molar-refractivity contribution is 6.30. The third-order valence-corrected chi connectivity index (χ3v) is 4.23. The molecule has 1 saturated carbocycles. The second-order valence-electron chi connectivity index (χ2n) is 5.95. The SMILES string of the molecule is CC(C)(O)CCC1(c2ccc(Cl)cc2)CCC1. The minimum absolute atomic E-state index is 0.296. The van der Waals surface area contributed by atoms with Crippen LogP contribution in [0.3, 0.4) is 0 Å². The Kier molecular flexibility index (Phi) is 3.51. The molecule has 1 aromatic carbocycles. The summed E-state index contributed by atoms with van der Waals surface area (Å²) in [4.78, 5) is 0. The monoisotopic (exact) mass is 252 g/mol. The van der Waals surface area contributed by atoms with Crippen LogP contribution in [0, 0.1) is 0 Å². The van der Waals surface area contributed by atoms with E-state index in [1.54, 1.807) is 0 Å². The highest BCUT2D eigenvalue weighted by Gasteiger charge is 2.39. The van der Waals surface area contributed by atoms with Crippen molar-refractivity contribution < 1.29 is 5.11 Å². The van der Waals surface area contributed by atoms with Crippen molar-refractivity contribution in [3.05, 3.63) is 34.9 Å². The molecule has 1 aliphatic rings. The van der Waals surface area contributed by atoms with E-state index in [0.29, 0.717) is 5.41 Å². The van der Waals surface area contributed by atoms with Crippen molar-refractivity contribution in [2.45, 2.75) is 57.0 Å². The van der Waals surface area contributed by atoms with Gasteiger partial charge in [-0.25, -0.2) is 0 Å². The minimum Gasteiger partial charge on any atom is -0.390 e. The molecule has 0 amide bonds. The summed E-state index contributed by atoms with van der Waals surface area (Å²) in [6.07, 6.45) is 5.71. The van der Waals surface area contributed by atoms with E-state index < -0.39 is 5.60 Å².